The second kappa shape index (κ2) is 6.51. The van der Waals surface area contributed by atoms with Crippen molar-refractivity contribution < 1.29 is 4.39 Å². The summed E-state index contributed by atoms with van der Waals surface area (Å²) in [6, 6.07) is 12.5. The summed E-state index contributed by atoms with van der Waals surface area (Å²) < 4.78 is 14.0. The Balaban J connectivity index is 2.00. The molecular formula is C15H14BrClFN. The fourth-order valence-electron chi connectivity index (χ4n) is 1.81. The molecule has 0 unspecified atom stereocenters. The van der Waals surface area contributed by atoms with Gasteiger partial charge < -0.3 is 5.32 Å². The van der Waals surface area contributed by atoms with Crippen LogP contribution in [0.25, 0.3) is 0 Å². The highest BCUT2D eigenvalue weighted by Crippen LogP contribution is 2.23. The van der Waals surface area contributed by atoms with E-state index in [9.17, 15) is 4.39 Å². The van der Waals surface area contributed by atoms with Crippen molar-refractivity contribution in [3.63, 3.8) is 0 Å². The highest BCUT2D eigenvalue weighted by molar-refractivity contribution is 9.10. The van der Waals surface area contributed by atoms with Gasteiger partial charge in [0.15, 0.2) is 0 Å². The Kier molecular flexibility index (Phi) is 4.97. The molecule has 0 aliphatic carbocycles. The van der Waals surface area contributed by atoms with Crippen molar-refractivity contribution in [1.29, 1.82) is 0 Å². The maximum Gasteiger partial charge on any atom is 0.123 e. The van der Waals surface area contributed by atoms with Crippen LogP contribution in [0.15, 0.2) is 46.9 Å². The Morgan fingerprint density at radius 3 is 2.74 bits per heavy atom. The Morgan fingerprint density at radius 2 is 2.05 bits per heavy atom. The van der Waals surface area contributed by atoms with E-state index in [4.69, 9.17) is 11.6 Å². The van der Waals surface area contributed by atoms with Crippen LogP contribution in [-0.2, 0) is 6.54 Å². The van der Waals surface area contributed by atoms with E-state index in [1.165, 1.54) is 6.07 Å². The molecule has 2 rings (SSSR count). The van der Waals surface area contributed by atoms with Gasteiger partial charge in [-0.1, -0.05) is 29.8 Å². The lowest BCUT2D eigenvalue weighted by Gasteiger charge is -2.14. The number of hydrogen-bond acceptors (Lipinski definition) is 1. The number of benzene rings is 2. The molecule has 0 spiro atoms. The molecule has 19 heavy (non-hydrogen) atoms. The fraction of sp³-hybridized carbons (Fsp3) is 0.200. The number of hydrogen-bond donors (Lipinski definition) is 1. The van der Waals surface area contributed by atoms with Gasteiger partial charge in [0, 0.05) is 17.1 Å². The molecule has 1 N–H and O–H groups in total. The zero-order chi connectivity index (χ0) is 13.8. The van der Waals surface area contributed by atoms with Crippen LogP contribution in [0.1, 0.15) is 24.1 Å². The molecule has 0 saturated heterocycles. The Bertz CT molecular complexity index is 574. The Labute approximate surface area is 125 Å². The summed E-state index contributed by atoms with van der Waals surface area (Å²) in [6.45, 7) is 2.72. The molecule has 100 valence electrons. The minimum absolute atomic E-state index is 0.0881. The molecule has 0 saturated carbocycles. The Hall–Kier alpha value is -0.900. The van der Waals surface area contributed by atoms with Crippen molar-refractivity contribution in [3.8, 4) is 0 Å². The van der Waals surface area contributed by atoms with Gasteiger partial charge in [-0.05, 0) is 58.2 Å². The molecule has 2 aromatic rings. The first kappa shape index (κ1) is 14.5. The zero-order valence-corrected chi connectivity index (χ0v) is 12.8. The summed E-state index contributed by atoms with van der Waals surface area (Å²) in [4.78, 5) is 0. The number of halogens is 3. The molecule has 1 atom stereocenters. The molecule has 0 heterocycles. The number of rotatable bonds is 4. The Morgan fingerprint density at radius 1 is 1.26 bits per heavy atom. The van der Waals surface area contributed by atoms with E-state index in [2.05, 4.69) is 21.2 Å². The minimum atomic E-state index is -0.208. The molecule has 0 aliphatic heterocycles. The van der Waals surface area contributed by atoms with Crippen LogP contribution in [0.5, 0.6) is 0 Å². The van der Waals surface area contributed by atoms with Crippen molar-refractivity contribution in [3.05, 3.63) is 68.9 Å². The first-order valence-corrected chi connectivity index (χ1v) is 7.16. The second-order valence-corrected chi connectivity index (χ2v) is 5.67. The second-order valence-electron chi connectivity index (χ2n) is 4.41. The van der Waals surface area contributed by atoms with Crippen LogP contribution >= 0.6 is 27.5 Å². The molecule has 2 aromatic carbocycles. The summed E-state index contributed by atoms with van der Waals surface area (Å²) in [7, 11) is 0. The smallest absolute Gasteiger partial charge is 0.123 e. The molecule has 4 heteroatoms. The van der Waals surface area contributed by atoms with Crippen molar-refractivity contribution in [2.45, 2.75) is 19.5 Å². The third-order valence-electron chi connectivity index (χ3n) is 2.95. The van der Waals surface area contributed by atoms with Crippen LogP contribution < -0.4 is 5.32 Å². The molecule has 0 bridgehead atoms. The molecule has 0 fully saturated rings. The predicted octanol–water partition coefficient (Wildman–Crippen LogP) is 5.09. The molecule has 0 aliphatic rings. The first-order chi connectivity index (χ1) is 9.06. The van der Waals surface area contributed by atoms with E-state index >= 15 is 0 Å². The summed E-state index contributed by atoms with van der Waals surface area (Å²) in [5, 5.41) is 4.05. The lowest BCUT2D eigenvalue weighted by atomic mass is 10.1. The summed E-state index contributed by atoms with van der Waals surface area (Å²) in [6.07, 6.45) is 0. The maximum absolute atomic E-state index is 13.1. The van der Waals surface area contributed by atoms with Gasteiger partial charge in [0.25, 0.3) is 0 Å². The van der Waals surface area contributed by atoms with Crippen molar-refractivity contribution >= 4 is 27.5 Å². The first-order valence-electron chi connectivity index (χ1n) is 5.99. The molecule has 0 amide bonds. The average molecular weight is 343 g/mol. The van der Waals surface area contributed by atoms with E-state index in [1.54, 1.807) is 12.1 Å². The molecule has 0 aromatic heterocycles. The summed E-state index contributed by atoms with van der Waals surface area (Å²) in [5.74, 6) is -0.208. The third-order valence-corrected chi connectivity index (χ3v) is 4.16. The van der Waals surface area contributed by atoms with Gasteiger partial charge in [-0.3, -0.25) is 0 Å². The zero-order valence-electron chi connectivity index (χ0n) is 10.5. The van der Waals surface area contributed by atoms with Crippen molar-refractivity contribution in [2.75, 3.05) is 0 Å². The minimum Gasteiger partial charge on any atom is -0.306 e. The van der Waals surface area contributed by atoms with Gasteiger partial charge in [0.05, 0.1) is 5.02 Å². The van der Waals surface area contributed by atoms with Crippen LogP contribution in [0, 0.1) is 5.82 Å². The van der Waals surface area contributed by atoms with Crippen molar-refractivity contribution in [1.82, 2.24) is 5.32 Å². The highest BCUT2D eigenvalue weighted by atomic mass is 79.9. The van der Waals surface area contributed by atoms with E-state index < -0.39 is 0 Å². The van der Waals surface area contributed by atoms with E-state index in [-0.39, 0.29) is 11.9 Å². The molecular weight excluding hydrogens is 329 g/mol. The standard InChI is InChI=1S/C15H14BrClFN/c1-10(12-3-2-4-13(18)8-12)19-9-11-5-6-15(17)14(16)7-11/h2-8,10,19H,9H2,1H3/t10-/m0/s1. The van der Waals surface area contributed by atoms with E-state index in [1.807, 2.05) is 31.2 Å². The molecule has 1 nitrogen and oxygen atoms in total. The monoisotopic (exact) mass is 341 g/mol. The van der Waals surface area contributed by atoms with Crippen LogP contribution in [0.2, 0.25) is 5.02 Å². The van der Waals surface area contributed by atoms with Crippen LogP contribution in [0.3, 0.4) is 0 Å². The van der Waals surface area contributed by atoms with Gasteiger partial charge in [0.2, 0.25) is 0 Å². The summed E-state index contributed by atoms with van der Waals surface area (Å²) in [5.41, 5.74) is 2.06. The largest absolute Gasteiger partial charge is 0.306 e. The quantitative estimate of drug-likeness (QED) is 0.816. The van der Waals surface area contributed by atoms with Gasteiger partial charge >= 0.3 is 0 Å². The van der Waals surface area contributed by atoms with Crippen LogP contribution in [-0.4, -0.2) is 0 Å². The van der Waals surface area contributed by atoms with E-state index in [0.717, 1.165) is 15.6 Å². The van der Waals surface area contributed by atoms with Gasteiger partial charge in [-0.25, -0.2) is 4.39 Å². The number of nitrogens with one attached hydrogen (secondary N) is 1. The lowest BCUT2D eigenvalue weighted by molar-refractivity contribution is 0.565. The topological polar surface area (TPSA) is 12.0 Å². The SMILES string of the molecule is C[C@H](NCc1ccc(Cl)c(Br)c1)c1cccc(F)c1. The molecule has 0 radical (unpaired) electrons. The maximum atomic E-state index is 13.1. The van der Waals surface area contributed by atoms with Gasteiger partial charge in [-0.2, -0.15) is 0 Å². The van der Waals surface area contributed by atoms with Crippen molar-refractivity contribution in [2.24, 2.45) is 0 Å². The van der Waals surface area contributed by atoms with Gasteiger partial charge in [-0.15, -0.1) is 0 Å². The highest BCUT2D eigenvalue weighted by Gasteiger charge is 2.06. The van der Waals surface area contributed by atoms with Crippen LogP contribution in [0.4, 0.5) is 4.39 Å². The average Bonchev–Trinajstić information content (AvgIpc) is 2.40. The van der Waals surface area contributed by atoms with E-state index in [0.29, 0.717) is 11.6 Å². The normalized spacial score (nSPS) is 12.4. The summed E-state index contributed by atoms with van der Waals surface area (Å²) >= 11 is 9.35. The fourth-order valence-corrected chi connectivity index (χ4v) is 2.36. The third kappa shape index (κ3) is 4.03. The lowest BCUT2D eigenvalue weighted by Crippen LogP contribution is -2.18. The van der Waals surface area contributed by atoms with Gasteiger partial charge in [0.1, 0.15) is 5.82 Å². The predicted molar refractivity (Wildman–Crippen MR) is 80.8 cm³/mol.